The summed E-state index contributed by atoms with van der Waals surface area (Å²) in [7, 11) is 1.52. The number of rotatable bonds is 8. The Hall–Kier alpha value is -4.25. The van der Waals surface area contributed by atoms with Crippen molar-refractivity contribution in [2.24, 2.45) is 4.99 Å². The Morgan fingerprint density at radius 1 is 1.24 bits per heavy atom. The molecule has 0 saturated carbocycles. The third-order valence-electron chi connectivity index (χ3n) is 5.76. The number of aromatic nitrogens is 1. The van der Waals surface area contributed by atoms with E-state index in [1.165, 1.54) is 23.8 Å². The Balaban J connectivity index is 1.94. The number of hydrogen-bond acceptors (Lipinski definition) is 9. The van der Waals surface area contributed by atoms with Gasteiger partial charge in [-0.2, -0.15) is 0 Å². The number of thiazole rings is 1. The number of hydrogen-bond donors (Lipinski definition) is 0. The fourth-order valence-corrected chi connectivity index (χ4v) is 5.24. The highest BCUT2D eigenvalue weighted by Crippen LogP contribution is 2.36. The third kappa shape index (κ3) is 5.23. The maximum Gasteiger partial charge on any atom is 0.338 e. The van der Waals surface area contributed by atoms with Gasteiger partial charge in [-0.3, -0.25) is 19.5 Å². The summed E-state index contributed by atoms with van der Waals surface area (Å²) in [6.45, 7) is 7.36. The molecule has 1 unspecified atom stereocenters. The minimum atomic E-state index is -0.834. The summed E-state index contributed by atoms with van der Waals surface area (Å²) in [5.41, 5.74) is 1.30. The number of nitro groups is 1. The van der Waals surface area contributed by atoms with Crippen molar-refractivity contribution < 1.29 is 23.9 Å². The van der Waals surface area contributed by atoms with Crippen LogP contribution in [0.2, 0.25) is 0 Å². The van der Waals surface area contributed by atoms with Crippen LogP contribution in [0.5, 0.6) is 11.5 Å². The Bertz CT molecular complexity index is 1620. The smallest absolute Gasteiger partial charge is 0.338 e. The summed E-state index contributed by atoms with van der Waals surface area (Å²) >= 11 is 1.14. The van der Waals surface area contributed by atoms with E-state index in [1.807, 2.05) is 13.8 Å². The molecule has 2 aromatic carbocycles. The molecule has 3 aromatic rings. The van der Waals surface area contributed by atoms with Crippen LogP contribution in [0.1, 0.15) is 44.9 Å². The SMILES string of the molecule is CCOC(=O)C1=C(C)N=c2sc(=Cc3cccc([N+](=O)[O-])c3)c(=O)n2C1c1ccc(OC(C)C)c(OC)c1. The normalized spacial score (nSPS) is 15.2. The number of nitrogens with zero attached hydrogens (tertiary/aromatic N) is 3. The first-order chi connectivity index (χ1) is 18.1. The highest BCUT2D eigenvalue weighted by Gasteiger charge is 2.34. The fourth-order valence-electron chi connectivity index (χ4n) is 4.19. The van der Waals surface area contributed by atoms with Gasteiger partial charge in [-0.25, -0.2) is 9.79 Å². The quantitative estimate of drug-likeness (QED) is 0.245. The second-order valence-electron chi connectivity index (χ2n) is 8.73. The summed E-state index contributed by atoms with van der Waals surface area (Å²) in [6.07, 6.45) is 1.50. The number of ether oxygens (including phenoxy) is 3. The minimum Gasteiger partial charge on any atom is -0.493 e. The Labute approximate surface area is 222 Å². The predicted molar refractivity (Wildman–Crippen MR) is 142 cm³/mol. The van der Waals surface area contributed by atoms with Crippen molar-refractivity contribution in [3.05, 3.63) is 94.7 Å². The topological polar surface area (TPSA) is 122 Å². The van der Waals surface area contributed by atoms with Gasteiger partial charge >= 0.3 is 5.97 Å². The summed E-state index contributed by atoms with van der Waals surface area (Å²) < 4.78 is 18.5. The molecule has 4 rings (SSSR count). The van der Waals surface area contributed by atoms with Crippen molar-refractivity contribution in [1.82, 2.24) is 4.57 Å². The lowest BCUT2D eigenvalue weighted by Gasteiger charge is -2.25. The van der Waals surface area contributed by atoms with Gasteiger partial charge in [-0.15, -0.1) is 0 Å². The predicted octanol–water partition coefficient (Wildman–Crippen LogP) is 3.50. The number of allylic oxidation sites excluding steroid dienone is 1. The van der Waals surface area contributed by atoms with Crippen molar-refractivity contribution in [2.75, 3.05) is 13.7 Å². The Morgan fingerprint density at radius 3 is 2.66 bits per heavy atom. The zero-order valence-electron chi connectivity index (χ0n) is 21.6. The van der Waals surface area contributed by atoms with Gasteiger partial charge in [0, 0.05) is 12.1 Å². The minimum absolute atomic E-state index is 0.0827. The first kappa shape index (κ1) is 26.8. The monoisotopic (exact) mass is 537 g/mol. The number of carbonyl (C=O) groups excluding carboxylic acids is 1. The van der Waals surface area contributed by atoms with Gasteiger partial charge in [-0.05, 0) is 57.0 Å². The number of nitro benzene ring substituents is 1. The number of benzene rings is 2. The maximum absolute atomic E-state index is 13.7. The standard InChI is InChI=1S/C27H27N3O7S/c1-6-36-26(32)23-16(4)28-27-29(24(23)18-10-11-20(37-15(2)3)21(14-18)35-5)25(31)22(38-27)13-17-8-7-9-19(12-17)30(33)34/h7-15,24H,6H2,1-5H3. The zero-order valence-corrected chi connectivity index (χ0v) is 22.4. The fraction of sp³-hybridized carbons (Fsp3) is 0.296. The van der Waals surface area contributed by atoms with E-state index in [2.05, 4.69) is 4.99 Å². The Kier molecular flexibility index (Phi) is 7.77. The number of carbonyl (C=O) groups is 1. The van der Waals surface area contributed by atoms with Gasteiger partial charge in [0.1, 0.15) is 0 Å². The van der Waals surface area contributed by atoms with E-state index < -0.39 is 16.9 Å². The van der Waals surface area contributed by atoms with Crippen LogP contribution >= 0.6 is 11.3 Å². The van der Waals surface area contributed by atoms with Crippen molar-refractivity contribution in [3.63, 3.8) is 0 Å². The molecular formula is C27H27N3O7S. The van der Waals surface area contributed by atoms with E-state index in [9.17, 15) is 19.7 Å². The summed E-state index contributed by atoms with van der Waals surface area (Å²) in [4.78, 5) is 42.5. The summed E-state index contributed by atoms with van der Waals surface area (Å²) in [5.74, 6) is 0.406. The Morgan fingerprint density at radius 2 is 2.00 bits per heavy atom. The maximum atomic E-state index is 13.7. The lowest BCUT2D eigenvalue weighted by atomic mass is 9.95. The van der Waals surface area contributed by atoms with Crippen LogP contribution in [0, 0.1) is 10.1 Å². The molecule has 2 heterocycles. The van der Waals surface area contributed by atoms with Gasteiger partial charge in [0.25, 0.3) is 11.2 Å². The van der Waals surface area contributed by atoms with E-state index in [0.29, 0.717) is 37.7 Å². The van der Waals surface area contributed by atoms with Crippen LogP contribution in [-0.4, -0.2) is 35.3 Å². The van der Waals surface area contributed by atoms with Crippen molar-refractivity contribution in [1.29, 1.82) is 0 Å². The molecule has 198 valence electrons. The lowest BCUT2D eigenvalue weighted by molar-refractivity contribution is -0.384. The molecule has 11 heteroatoms. The molecule has 0 radical (unpaired) electrons. The van der Waals surface area contributed by atoms with Gasteiger partial charge in [-0.1, -0.05) is 29.5 Å². The first-order valence-corrected chi connectivity index (χ1v) is 12.7. The molecule has 10 nitrogen and oxygen atoms in total. The molecule has 0 amide bonds. The molecule has 0 spiro atoms. The van der Waals surface area contributed by atoms with Gasteiger partial charge in [0.2, 0.25) is 0 Å². The molecule has 0 N–H and O–H groups in total. The van der Waals surface area contributed by atoms with Crippen LogP contribution in [0.4, 0.5) is 5.69 Å². The molecule has 38 heavy (non-hydrogen) atoms. The molecule has 1 aliphatic rings. The van der Waals surface area contributed by atoms with Crippen LogP contribution < -0.4 is 24.4 Å². The van der Waals surface area contributed by atoms with E-state index >= 15 is 0 Å². The molecule has 1 atom stereocenters. The second-order valence-corrected chi connectivity index (χ2v) is 9.74. The number of esters is 1. The molecule has 1 aliphatic heterocycles. The average molecular weight is 538 g/mol. The molecule has 0 aliphatic carbocycles. The highest BCUT2D eigenvalue weighted by molar-refractivity contribution is 7.07. The van der Waals surface area contributed by atoms with Gasteiger partial charge in [0.15, 0.2) is 16.3 Å². The number of non-ortho nitro benzene ring substituents is 1. The van der Waals surface area contributed by atoms with Crippen molar-refractivity contribution in [2.45, 2.75) is 39.8 Å². The molecule has 0 bridgehead atoms. The van der Waals surface area contributed by atoms with E-state index in [1.54, 1.807) is 50.3 Å². The molecule has 0 saturated heterocycles. The molecule has 1 aromatic heterocycles. The van der Waals surface area contributed by atoms with Crippen LogP contribution in [0.25, 0.3) is 6.08 Å². The number of methoxy groups -OCH3 is 1. The number of fused-ring (bicyclic) bond motifs is 1. The largest absolute Gasteiger partial charge is 0.493 e. The van der Waals surface area contributed by atoms with E-state index in [4.69, 9.17) is 14.2 Å². The zero-order chi connectivity index (χ0) is 27.6. The van der Waals surface area contributed by atoms with Crippen LogP contribution in [0.15, 0.2) is 63.5 Å². The van der Waals surface area contributed by atoms with Gasteiger partial charge < -0.3 is 14.2 Å². The molecule has 0 fully saturated rings. The molecular weight excluding hydrogens is 510 g/mol. The summed E-state index contributed by atoms with van der Waals surface area (Å²) in [6, 6.07) is 10.4. The van der Waals surface area contributed by atoms with Crippen LogP contribution in [0.3, 0.4) is 0 Å². The van der Waals surface area contributed by atoms with E-state index in [0.717, 1.165) is 11.3 Å². The average Bonchev–Trinajstić information content (AvgIpc) is 3.17. The lowest BCUT2D eigenvalue weighted by Crippen LogP contribution is -2.40. The highest BCUT2D eigenvalue weighted by atomic mass is 32.1. The first-order valence-electron chi connectivity index (χ1n) is 11.9. The third-order valence-corrected chi connectivity index (χ3v) is 6.74. The second kappa shape index (κ2) is 11.0. The van der Waals surface area contributed by atoms with Crippen molar-refractivity contribution >= 4 is 29.1 Å². The van der Waals surface area contributed by atoms with Gasteiger partial charge in [0.05, 0.1) is 46.6 Å². The van der Waals surface area contributed by atoms with Crippen LogP contribution in [-0.2, 0) is 9.53 Å². The van der Waals surface area contributed by atoms with Crippen molar-refractivity contribution in [3.8, 4) is 11.5 Å². The summed E-state index contributed by atoms with van der Waals surface area (Å²) in [5, 5.41) is 11.2. The van der Waals surface area contributed by atoms with E-state index in [-0.39, 0.29) is 29.5 Å².